The summed E-state index contributed by atoms with van der Waals surface area (Å²) in [5.74, 6) is 0.568. The summed E-state index contributed by atoms with van der Waals surface area (Å²) < 4.78 is 63.2. The molecule has 9 heteroatoms. The number of alkyl halides is 4. The highest BCUT2D eigenvalue weighted by Gasteiger charge is 2.50. The van der Waals surface area contributed by atoms with Gasteiger partial charge in [-0.25, -0.2) is 4.39 Å². The Labute approximate surface area is 150 Å². The average Bonchev–Trinajstić information content (AvgIpc) is 2.48. The minimum atomic E-state index is -5.07. The van der Waals surface area contributed by atoms with Crippen LogP contribution >= 0.6 is 0 Å². The van der Waals surface area contributed by atoms with Crippen molar-refractivity contribution in [1.29, 1.82) is 0 Å². The van der Waals surface area contributed by atoms with Crippen molar-refractivity contribution >= 4 is 16.9 Å². The lowest BCUT2D eigenvalue weighted by Gasteiger charge is -2.41. The second-order valence-corrected chi connectivity index (χ2v) is 15.4. The van der Waals surface area contributed by atoms with Crippen molar-refractivity contribution in [2.75, 3.05) is 6.61 Å². The van der Waals surface area contributed by atoms with Crippen LogP contribution in [0.5, 0.6) is 0 Å². The number of hydrogen-bond donors (Lipinski definition) is 1. The topological polar surface area (TPSA) is 38.7 Å². The van der Waals surface area contributed by atoms with Gasteiger partial charge in [0.2, 0.25) is 6.17 Å². The van der Waals surface area contributed by atoms with Crippen LogP contribution in [0.15, 0.2) is 0 Å². The van der Waals surface area contributed by atoms with Crippen LogP contribution in [0.25, 0.3) is 0 Å². The Morgan fingerprint density at radius 1 is 1.20 bits per heavy atom. The zero-order valence-electron chi connectivity index (χ0n) is 15.7. The minimum absolute atomic E-state index is 0.389. The molecule has 0 aromatic heterocycles. The van der Waals surface area contributed by atoms with E-state index in [4.69, 9.17) is 8.54 Å². The number of aliphatic hydroxyl groups excluding tert-OH is 1. The summed E-state index contributed by atoms with van der Waals surface area (Å²) in [6.07, 6.45) is -6.57. The molecule has 0 aliphatic carbocycles. The Morgan fingerprint density at radius 3 is 2.40 bits per heavy atom. The van der Waals surface area contributed by atoms with Gasteiger partial charge in [0, 0.05) is 12.7 Å². The molecule has 1 aliphatic rings. The summed E-state index contributed by atoms with van der Waals surface area (Å²) in [6, 6.07) is 1.46. The van der Waals surface area contributed by atoms with E-state index in [9.17, 15) is 22.7 Å². The molecule has 0 amide bonds. The van der Waals surface area contributed by atoms with E-state index in [0.717, 1.165) is 37.8 Å². The molecule has 3 nitrogen and oxygen atoms in total. The van der Waals surface area contributed by atoms with Crippen LogP contribution in [0.3, 0.4) is 0 Å². The van der Waals surface area contributed by atoms with Crippen molar-refractivity contribution in [3.63, 3.8) is 0 Å². The summed E-state index contributed by atoms with van der Waals surface area (Å²) in [5, 5.41) is 9.75. The van der Waals surface area contributed by atoms with Gasteiger partial charge < -0.3 is 13.6 Å². The number of halogens is 4. The highest BCUT2D eigenvalue weighted by atomic mass is 28.4. The molecule has 0 aromatic carbocycles. The van der Waals surface area contributed by atoms with Crippen molar-refractivity contribution in [1.82, 2.24) is 0 Å². The molecule has 1 saturated heterocycles. The molecule has 5 atom stereocenters. The first-order chi connectivity index (χ1) is 11.4. The van der Waals surface area contributed by atoms with Crippen molar-refractivity contribution in [3.8, 4) is 0 Å². The Kier molecular flexibility index (Phi) is 8.58. The van der Waals surface area contributed by atoms with Crippen LogP contribution in [0, 0.1) is 5.92 Å². The van der Waals surface area contributed by atoms with E-state index >= 15 is 0 Å². The monoisotopic (exact) mass is 404 g/mol. The predicted molar refractivity (Wildman–Crippen MR) is 95.0 cm³/mol. The molecule has 1 heterocycles. The standard InChI is InChI=1S/C16H32F4O3Si2/c1-5-13(2)8-11-24(3)10-7-6-9-22-25(4,23-24)12-14(21)15(17)16(18,19)20/h13-15,21H,5-12H2,1-4H3. The van der Waals surface area contributed by atoms with E-state index in [0.29, 0.717) is 12.5 Å². The third kappa shape index (κ3) is 7.66. The van der Waals surface area contributed by atoms with Crippen molar-refractivity contribution < 1.29 is 31.2 Å². The molecular weight excluding hydrogens is 372 g/mol. The summed E-state index contributed by atoms with van der Waals surface area (Å²) in [5.41, 5.74) is 0. The molecule has 1 rings (SSSR count). The van der Waals surface area contributed by atoms with E-state index in [1.807, 2.05) is 0 Å². The van der Waals surface area contributed by atoms with Crippen LogP contribution in [-0.2, 0) is 8.54 Å². The third-order valence-corrected chi connectivity index (χ3v) is 13.5. The quantitative estimate of drug-likeness (QED) is 0.471. The van der Waals surface area contributed by atoms with Gasteiger partial charge in [-0.2, -0.15) is 13.2 Å². The lowest BCUT2D eigenvalue weighted by atomic mass is 10.1. The molecule has 0 aromatic rings. The molecule has 0 radical (unpaired) electrons. The fourth-order valence-corrected chi connectivity index (χ4v) is 12.8. The maximum absolute atomic E-state index is 13.4. The molecule has 1 aliphatic heterocycles. The van der Waals surface area contributed by atoms with E-state index in [1.54, 1.807) is 6.55 Å². The normalized spacial score (nSPS) is 32.5. The fraction of sp³-hybridized carbons (Fsp3) is 1.00. The maximum Gasteiger partial charge on any atom is 0.422 e. The molecular formula is C16H32F4O3Si2. The van der Waals surface area contributed by atoms with Gasteiger partial charge in [0.15, 0.2) is 8.32 Å². The SMILES string of the molecule is CCC(C)CC[Si]1(C)CCCCO[Si](C)(CC(O)C(F)C(F)(F)F)O1. The fourth-order valence-electron chi connectivity index (χ4n) is 3.22. The predicted octanol–water partition coefficient (Wildman–Crippen LogP) is 5.16. The van der Waals surface area contributed by atoms with Gasteiger partial charge in [0.25, 0.3) is 0 Å². The Morgan fingerprint density at radius 2 is 1.84 bits per heavy atom. The summed E-state index contributed by atoms with van der Waals surface area (Å²) in [6.45, 7) is 8.46. The van der Waals surface area contributed by atoms with E-state index in [-0.39, 0.29) is 6.04 Å². The first-order valence-corrected chi connectivity index (χ1v) is 14.5. The molecule has 1 fully saturated rings. The molecule has 0 saturated carbocycles. The van der Waals surface area contributed by atoms with Gasteiger partial charge in [-0.1, -0.05) is 33.1 Å². The molecule has 0 bridgehead atoms. The van der Waals surface area contributed by atoms with Crippen LogP contribution in [0.2, 0.25) is 31.2 Å². The largest absolute Gasteiger partial charge is 0.436 e. The lowest BCUT2D eigenvalue weighted by molar-refractivity contribution is -0.203. The second kappa shape index (κ2) is 9.30. The lowest BCUT2D eigenvalue weighted by Crippen LogP contribution is -2.54. The van der Waals surface area contributed by atoms with Crippen molar-refractivity contribution in [3.05, 3.63) is 0 Å². The zero-order valence-corrected chi connectivity index (χ0v) is 17.7. The Bertz CT molecular complexity index is 413. The molecule has 5 unspecified atom stereocenters. The first-order valence-electron chi connectivity index (χ1n) is 9.14. The van der Waals surface area contributed by atoms with Gasteiger partial charge in [0.1, 0.15) is 0 Å². The average molecular weight is 405 g/mol. The smallest absolute Gasteiger partial charge is 0.422 e. The summed E-state index contributed by atoms with van der Waals surface area (Å²) >= 11 is 0. The number of hydrogen-bond acceptors (Lipinski definition) is 3. The highest BCUT2D eigenvalue weighted by Crippen LogP contribution is 2.35. The summed E-state index contributed by atoms with van der Waals surface area (Å²) in [4.78, 5) is 0. The minimum Gasteiger partial charge on any atom is -0.436 e. The van der Waals surface area contributed by atoms with E-state index in [1.165, 1.54) is 0 Å². The molecule has 1 N–H and O–H groups in total. The Hall–Kier alpha value is 0.0338. The van der Waals surface area contributed by atoms with Gasteiger partial charge >= 0.3 is 14.7 Å². The summed E-state index contributed by atoms with van der Waals surface area (Å²) in [7, 11) is -5.23. The van der Waals surface area contributed by atoms with Crippen LogP contribution in [-0.4, -0.2) is 47.0 Å². The van der Waals surface area contributed by atoms with Gasteiger partial charge in [-0.15, -0.1) is 0 Å². The third-order valence-electron chi connectivity index (χ3n) is 5.06. The second-order valence-electron chi connectivity index (χ2n) is 7.76. The maximum atomic E-state index is 13.4. The van der Waals surface area contributed by atoms with Gasteiger partial charge in [-0.3, -0.25) is 0 Å². The zero-order chi connectivity index (χ0) is 19.3. The molecule has 25 heavy (non-hydrogen) atoms. The van der Waals surface area contributed by atoms with E-state index < -0.39 is 35.3 Å². The Balaban J connectivity index is 2.83. The first kappa shape index (κ1) is 23.1. The van der Waals surface area contributed by atoms with Crippen LogP contribution in [0.4, 0.5) is 17.6 Å². The number of rotatable bonds is 7. The van der Waals surface area contributed by atoms with E-state index in [2.05, 4.69) is 20.4 Å². The highest BCUT2D eigenvalue weighted by molar-refractivity contribution is 6.83. The van der Waals surface area contributed by atoms with Crippen LogP contribution < -0.4 is 0 Å². The van der Waals surface area contributed by atoms with Gasteiger partial charge in [0.05, 0.1) is 6.10 Å². The van der Waals surface area contributed by atoms with Gasteiger partial charge in [-0.05, 0) is 37.5 Å². The molecule has 0 spiro atoms. The van der Waals surface area contributed by atoms with Crippen molar-refractivity contribution in [2.45, 2.75) is 89.2 Å². The van der Waals surface area contributed by atoms with Crippen molar-refractivity contribution in [2.24, 2.45) is 5.92 Å². The molecule has 150 valence electrons. The number of aliphatic hydroxyl groups is 1. The van der Waals surface area contributed by atoms with Crippen LogP contribution in [0.1, 0.15) is 39.5 Å².